The van der Waals surface area contributed by atoms with Crippen molar-refractivity contribution >= 4 is 29.3 Å². The second kappa shape index (κ2) is 10.7. The highest BCUT2D eigenvalue weighted by atomic mass is 35.5. The largest absolute Gasteiger partial charge is 0.357 e. The highest BCUT2D eigenvalue weighted by Crippen LogP contribution is 2.19. The number of hydrogen-bond acceptors (Lipinski definition) is 4. The maximum absolute atomic E-state index is 5.92. The Labute approximate surface area is 174 Å². The maximum atomic E-state index is 5.92. The quantitative estimate of drug-likeness (QED) is 0.254. The van der Waals surface area contributed by atoms with Crippen LogP contribution >= 0.6 is 23.4 Å². The molecular formula is C20H23ClN6S. The van der Waals surface area contributed by atoms with E-state index < -0.39 is 0 Å². The van der Waals surface area contributed by atoms with E-state index in [1.165, 1.54) is 4.90 Å². The molecule has 146 valence electrons. The minimum absolute atomic E-state index is 0.566. The predicted octanol–water partition coefficient (Wildman–Crippen LogP) is 3.77. The molecule has 0 saturated heterocycles. The van der Waals surface area contributed by atoms with Crippen LogP contribution < -0.4 is 10.6 Å². The van der Waals surface area contributed by atoms with Crippen molar-refractivity contribution in [3.63, 3.8) is 0 Å². The van der Waals surface area contributed by atoms with Crippen molar-refractivity contribution in [2.24, 2.45) is 4.99 Å². The minimum Gasteiger partial charge on any atom is -0.357 e. The van der Waals surface area contributed by atoms with Gasteiger partial charge in [0.1, 0.15) is 0 Å². The zero-order valence-electron chi connectivity index (χ0n) is 15.7. The summed E-state index contributed by atoms with van der Waals surface area (Å²) in [6.45, 7) is 4.25. The Hall–Kier alpha value is -2.51. The van der Waals surface area contributed by atoms with Crippen LogP contribution in [0.3, 0.4) is 0 Å². The Morgan fingerprint density at radius 1 is 1.18 bits per heavy atom. The van der Waals surface area contributed by atoms with Gasteiger partial charge in [0.2, 0.25) is 0 Å². The molecule has 2 N–H and O–H groups in total. The lowest BCUT2D eigenvalue weighted by atomic mass is 10.2. The topological polar surface area (TPSA) is 67.1 Å². The first-order chi connectivity index (χ1) is 13.7. The molecule has 0 aliphatic rings. The van der Waals surface area contributed by atoms with Gasteiger partial charge in [-0.1, -0.05) is 11.6 Å². The van der Waals surface area contributed by atoms with Crippen LogP contribution in [0.15, 0.2) is 70.9 Å². The Balaban J connectivity index is 1.52. The number of aromatic nitrogens is 3. The van der Waals surface area contributed by atoms with Gasteiger partial charge in [-0.15, -0.1) is 11.8 Å². The second-order valence-corrected chi connectivity index (χ2v) is 7.50. The fraction of sp³-hybridized carbons (Fsp3) is 0.250. The number of nitrogens with zero attached hydrogens (tertiary/aromatic N) is 4. The van der Waals surface area contributed by atoms with Gasteiger partial charge in [-0.25, -0.2) is 14.7 Å². The number of aliphatic imine (C=N–C) groups is 1. The van der Waals surface area contributed by atoms with Gasteiger partial charge < -0.3 is 10.6 Å². The van der Waals surface area contributed by atoms with Crippen molar-refractivity contribution in [3.8, 4) is 5.82 Å². The van der Waals surface area contributed by atoms with Gasteiger partial charge in [0.05, 0.1) is 6.54 Å². The van der Waals surface area contributed by atoms with Gasteiger partial charge in [0, 0.05) is 47.4 Å². The Kier molecular flexibility index (Phi) is 7.75. The molecule has 6 nitrogen and oxygen atoms in total. The molecule has 0 aliphatic carbocycles. The standard InChI is InChI=1S/C20H23ClN6S/c1-2-22-20(24-11-13-28-18-6-4-17(21)5-7-18)25-15-16-8-10-23-19(14-16)27-12-3-9-26-27/h3-10,12,14H,2,11,13,15H2,1H3,(H2,22,24,25). The summed E-state index contributed by atoms with van der Waals surface area (Å²) in [4.78, 5) is 10.2. The van der Waals surface area contributed by atoms with Crippen molar-refractivity contribution in [2.45, 2.75) is 18.4 Å². The summed E-state index contributed by atoms with van der Waals surface area (Å²) in [7, 11) is 0. The van der Waals surface area contributed by atoms with E-state index >= 15 is 0 Å². The first-order valence-corrected chi connectivity index (χ1v) is 10.5. The Morgan fingerprint density at radius 3 is 2.79 bits per heavy atom. The lowest BCUT2D eigenvalue weighted by Gasteiger charge is -2.11. The zero-order chi connectivity index (χ0) is 19.6. The van der Waals surface area contributed by atoms with Crippen molar-refractivity contribution < 1.29 is 0 Å². The third-order valence-electron chi connectivity index (χ3n) is 3.79. The molecule has 0 atom stereocenters. The lowest BCUT2D eigenvalue weighted by Crippen LogP contribution is -2.38. The fourth-order valence-electron chi connectivity index (χ4n) is 2.47. The highest BCUT2D eigenvalue weighted by molar-refractivity contribution is 7.99. The first kappa shape index (κ1) is 20.2. The summed E-state index contributed by atoms with van der Waals surface area (Å²) in [5.74, 6) is 2.52. The average Bonchev–Trinajstić information content (AvgIpc) is 3.26. The highest BCUT2D eigenvalue weighted by Gasteiger charge is 2.02. The molecule has 0 fully saturated rings. The first-order valence-electron chi connectivity index (χ1n) is 9.10. The molecular weight excluding hydrogens is 392 g/mol. The summed E-state index contributed by atoms with van der Waals surface area (Å²) >= 11 is 7.70. The smallest absolute Gasteiger partial charge is 0.191 e. The van der Waals surface area contributed by atoms with Gasteiger partial charge in [-0.05, 0) is 55.0 Å². The summed E-state index contributed by atoms with van der Waals surface area (Å²) in [5.41, 5.74) is 1.08. The molecule has 0 unspecified atom stereocenters. The molecule has 0 bridgehead atoms. The number of pyridine rings is 1. The number of halogens is 1. The second-order valence-electron chi connectivity index (χ2n) is 5.90. The van der Waals surface area contributed by atoms with Crippen molar-refractivity contribution in [1.82, 2.24) is 25.4 Å². The van der Waals surface area contributed by atoms with Crippen LogP contribution in [0.25, 0.3) is 5.82 Å². The molecule has 0 aliphatic heterocycles. The summed E-state index contributed by atoms with van der Waals surface area (Å²) < 4.78 is 1.74. The molecule has 0 saturated carbocycles. The fourth-order valence-corrected chi connectivity index (χ4v) is 3.36. The lowest BCUT2D eigenvalue weighted by molar-refractivity contribution is 0.831. The van der Waals surface area contributed by atoms with Crippen LogP contribution in [0.4, 0.5) is 0 Å². The number of benzene rings is 1. The molecule has 2 heterocycles. The van der Waals surface area contributed by atoms with E-state index in [4.69, 9.17) is 11.6 Å². The van der Waals surface area contributed by atoms with Gasteiger partial charge in [-0.2, -0.15) is 5.10 Å². The zero-order valence-corrected chi connectivity index (χ0v) is 17.2. The van der Waals surface area contributed by atoms with Gasteiger partial charge in [-0.3, -0.25) is 0 Å². The Bertz CT molecular complexity index is 880. The van der Waals surface area contributed by atoms with Crippen LogP contribution in [0.2, 0.25) is 5.02 Å². The molecule has 0 spiro atoms. The summed E-state index contributed by atoms with van der Waals surface area (Å²) in [5, 5.41) is 11.6. The van der Waals surface area contributed by atoms with E-state index in [0.29, 0.717) is 6.54 Å². The minimum atomic E-state index is 0.566. The number of rotatable bonds is 8. The number of nitrogens with one attached hydrogen (secondary N) is 2. The van der Waals surface area contributed by atoms with E-state index in [0.717, 1.165) is 41.2 Å². The van der Waals surface area contributed by atoms with Crippen molar-refractivity contribution in [1.29, 1.82) is 0 Å². The van der Waals surface area contributed by atoms with Gasteiger partial charge in [0.25, 0.3) is 0 Å². The Morgan fingerprint density at radius 2 is 2.04 bits per heavy atom. The molecule has 3 aromatic rings. The van der Waals surface area contributed by atoms with Crippen LogP contribution in [-0.4, -0.2) is 39.6 Å². The SMILES string of the molecule is CCNC(=NCc1ccnc(-n2cccn2)c1)NCCSc1ccc(Cl)cc1. The van der Waals surface area contributed by atoms with E-state index in [1.54, 1.807) is 28.8 Å². The van der Waals surface area contributed by atoms with Crippen molar-refractivity contribution in [2.75, 3.05) is 18.8 Å². The number of hydrogen-bond donors (Lipinski definition) is 2. The van der Waals surface area contributed by atoms with Gasteiger partial charge in [0.15, 0.2) is 11.8 Å². The third kappa shape index (κ3) is 6.28. The van der Waals surface area contributed by atoms with E-state index in [1.807, 2.05) is 48.7 Å². The van der Waals surface area contributed by atoms with E-state index in [2.05, 4.69) is 32.6 Å². The van der Waals surface area contributed by atoms with Crippen LogP contribution in [-0.2, 0) is 6.54 Å². The molecule has 0 radical (unpaired) electrons. The van der Waals surface area contributed by atoms with Crippen LogP contribution in [0.5, 0.6) is 0 Å². The summed E-state index contributed by atoms with van der Waals surface area (Å²) in [6, 6.07) is 13.7. The number of thioether (sulfide) groups is 1. The monoisotopic (exact) mass is 414 g/mol. The summed E-state index contributed by atoms with van der Waals surface area (Å²) in [6.07, 6.45) is 5.39. The normalized spacial score (nSPS) is 11.4. The molecule has 8 heteroatoms. The average molecular weight is 415 g/mol. The third-order valence-corrected chi connectivity index (χ3v) is 5.06. The maximum Gasteiger partial charge on any atom is 0.191 e. The van der Waals surface area contributed by atoms with Crippen LogP contribution in [0, 0.1) is 0 Å². The molecule has 3 rings (SSSR count). The number of guanidine groups is 1. The molecule has 0 amide bonds. The van der Waals surface area contributed by atoms with E-state index in [9.17, 15) is 0 Å². The predicted molar refractivity (Wildman–Crippen MR) is 116 cm³/mol. The van der Waals surface area contributed by atoms with Gasteiger partial charge >= 0.3 is 0 Å². The van der Waals surface area contributed by atoms with Crippen LogP contribution in [0.1, 0.15) is 12.5 Å². The van der Waals surface area contributed by atoms with Crippen molar-refractivity contribution in [3.05, 3.63) is 71.6 Å². The van der Waals surface area contributed by atoms with E-state index in [-0.39, 0.29) is 0 Å². The molecule has 2 aromatic heterocycles. The molecule has 28 heavy (non-hydrogen) atoms. The molecule has 1 aromatic carbocycles.